The van der Waals surface area contributed by atoms with Crippen LogP contribution in [0.15, 0.2) is 34.1 Å². The van der Waals surface area contributed by atoms with Crippen molar-refractivity contribution >= 4 is 51.7 Å². The van der Waals surface area contributed by atoms with Crippen LogP contribution < -0.4 is 10.9 Å². The smallest absolute Gasteiger partial charge is 0.267 e. The molecule has 1 amide bonds. The quantitative estimate of drug-likeness (QED) is 0.393. The van der Waals surface area contributed by atoms with E-state index in [2.05, 4.69) is 10.3 Å². The van der Waals surface area contributed by atoms with Crippen molar-refractivity contribution in [1.82, 2.24) is 14.3 Å². The van der Waals surface area contributed by atoms with Gasteiger partial charge in [-0.2, -0.15) is 0 Å². The molecule has 0 unspecified atom stereocenters. The first-order chi connectivity index (χ1) is 14.6. The molecule has 8 nitrogen and oxygen atoms in total. The van der Waals surface area contributed by atoms with Gasteiger partial charge in [-0.15, -0.1) is 0 Å². The molecule has 2 fully saturated rings. The zero-order valence-corrected chi connectivity index (χ0v) is 18.1. The Morgan fingerprint density at radius 3 is 3.07 bits per heavy atom. The molecule has 0 saturated carbocycles. The van der Waals surface area contributed by atoms with Gasteiger partial charge in [-0.3, -0.25) is 18.9 Å². The Balaban J connectivity index is 1.69. The fourth-order valence-electron chi connectivity index (χ4n) is 3.42. The molecule has 1 atom stereocenters. The first-order valence-electron chi connectivity index (χ1n) is 9.69. The number of ether oxygens (including phenoxy) is 2. The van der Waals surface area contributed by atoms with Gasteiger partial charge in [0.1, 0.15) is 15.8 Å². The lowest BCUT2D eigenvalue weighted by atomic mass is 10.2. The summed E-state index contributed by atoms with van der Waals surface area (Å²) in [5.74, 6) is 0.202. The molecule has 10 heteroatoms. The number of carbonyl (C=O) groups is 1. The predicted molar refractivity (Wildman–Crippen MR) is 121 cm³/mol. The average molecular weight is 447 g/mol. The van der Waals surface area contributed by atoms with Crippen LogP contribution in [0.2, 0.25) is 0 Å². The summed E-state index contributed by atoms with van der Waals surface area (Å²) in [5.41, 5.74) is 0.572. The Kier molecular flexibility index (Phi) is 6.47. The number of pyridine rings is 1. The number of methoxy groups -OCH3 is 1. The second kappa shape index (κ2) is 9.25. The number of hydrogen-bond acceptors (Lipinski definition) is 8. The van der Waals surface area contributed by atoms with Crippen LogP contribution >= 0.6 is 24.0 Å². The number of rotatable bonds is 7. The maximum absolute atomic E-state index is 13.1. The Labute approximate surface area is 183 Å². The number of thioether (sulfide) groups is 1. The lowest BCUT2D eigenvalue weighted by molar-refractivity contribution is -0.123. The third-order valence-electron chi connectivity index (χ3n) is 4.93. The van der Waals surface area contributed by atoms with E-state index in [4.69, 9.17) is 21.7 Å². The molecule has 30 heavy (non-hydrogen) atoms. The summed E-state index contributed by atoms with van der Waals surface area (Å²) in [6.45, 7) is 2.09. The van der Waals surface area contributed by atoms with Crippen molar-refractivity contribution in [2.24, 2.45) is 0 Å². The molecule has 2 saturated heterocycles. The molecule has 4 heterocycles. The average Bonchev–Trinajstić information content (AvgIpc) is 3.35. The van der Waals surface area contributed by atoms with Crippen LogP contribution in [0.1, 0.15) is 18.4 Å². The van der Waals surface area contributed by atoms with Gasteiger partial charge in [-0.1, -0.05) is 30.0 Å². The standard InChI is InChI=1S/C20H22N4O4S2/c1-27-10-7-21-17-14(18(25)23-8-3-2-6-16(23)22-17)11-15-19(26)24(20(29)30-15)12-13-5-4-9-28-13/h2-3,6,8,11,13,21H,4-5,7,9-10,12H2,1H3/b15-11-/t13-/m0/s1. The van der Waals surface area contributed by atoms with Crippen molar-refractivity contribution in [3.8, 4) is 0 Å². The highest BCUT2D eigenvalue weighted by atomic mass is 32.2. The van der Waals surface area contributed by atoms with Gasteiger partial charge in [-0.25, -0.2) is 4.98 Å². The lowest BCUT2D eigenvalue weighted by Crippen LogP contribution is -2.35. The highest BCUT2D eigenvalue weighted by Crippen LogP contribution is 2.34. The Bertz CT molecular complexity index is 1060. The van der Waals surface area contributed by atoms with Gasteiger partial charge in [0.25, 0.3) is 11.5 Å². The Morgan fingerprint density at radius 1 is 1.43 bits per heavy atom. The minimum Gasteiger partial charge on any atom is -0.383 e. The third-order valence-corrected chi connectivity index (χ3v) is 6.30. The summed E-state index contributed by atoms with van der Waals surface area (Å²) >= 11 is 6.61. The molecule has 4 rings (SSSR count). The first-order valence-corrected chi connectivity index (χ1v) is 10.9. The number of carbonyl (C=O) groups excluding carboxylic acids is 1. The largest absolute Gasteiger partial charge is 0.383 e. The lowest BCUT2D eigenvalue weighted by Gasteiger charge is -2.18. The van der Waals surface area contributed by atoms with Crippen molar-refractivity contribution in [3.63, 3.8) is 0 Å². The second-order valence-corrected chi connectivity index (χ2v) is 8.63. The first kappa shape index (κ1) is 21.0. The number of amides is 1. The second-order valence-electron chi connectivity index (χ2n) is 6.95. The van der Waals surface area contributed by atoms with Crippen molar-refractivity contribution < 1.29 is 14.3 Å². The van der Waals surface area contributed by atoms with E-state index >= 15 is 0 Å². The molecule has 0 bridgehead atoms. The van der Waals surface area contributed by atoms with Gasteiger partial charge in [0, 0.05) is 26.5 Å². The molecule has 0 aromatic carbocycles. The van der Waals surface area contributed by atoms with Gasteiger partial charge in [0.2, 0.25) is 0 Å². The molecule has 2 aromatic heterocycles. The maximum Gasteiger partial charge on any atom is 0.267 e. The molecule has 2 aliphatic heterocycles. The summed E-state index contributed by atoms with van der Waals surface area (Å²) < 4.78 is 12.7. The molecule has 2 aliphatic rings. The van der Waals surface area contributed by atoms with Gasteiger partial charge >= 0.3 is 0 Å². The highest BCUT2D eigenvalue weighted by Gasteiger charge is 2.35. The number of nitrogens with zero attached hydrogens (tertiary/aromatic N) is 3. The van der Waals surface area contributed by atoms with E-state index in [0.717, 1.165) is 12.8 Å². The highest BCUT2D eigenvalue weighted by molar-refractivity contribution is 8.26. The van der Waals surface area contributed by atoms with E-state index < -0.39 is 0 Å². The van der Waals surface area contributed by atoms with Crippen molar-refractivity contribution in [2.45, 2.75) is 18.9 Å². The number of thiocarbonyl (C=S) groups is 1. The van der Waals surface area contributed by atoms with E-state index in [1.54, 1.807) is 36.4 Å². The maximum atomic E-state index is 13.1. The monoisotopic (exact) mass is 446 g/mol. The van der Waals surface area contributed by atoms with Gasteiger partial charge in [-0.05, 0) is 31.1 Å². The van der Waals surface area contributed by atoms with Crippen LogP contribution in [0, 0.1) is 0 Å². The zero-order chi connectivity index (χ0) is 21.1. The zero-order valence-electron chi connectivity index (χ0n) is 16.5. The summed E-state index contributed by atoms with van der Waals surface area (Å²) in [7, 11) is 1.60. The van der Waals surface area contributed by atoms with Crippen LogP contribution in [0.3, 0.4) is 0 Å². The topological polar surface area (TPSA) is 85.2 Å². The van der Waals surface area contributed by atoms with E-state index in [1.807, 2.05) is 6.07 Å². The van der Waals surface area contributed by atoms with Crippen LogP contribution in [0.5, 0.6) is 0 Å². The Hall–Kier alpha value is -2.27. The van der Waals surface area contributed by atoms with Crippen molar-refractivity contribution in [2.75, 3.05) is 38.7 Å². The summed E-state index contributed by atoms with van der Waals surface area (Å²) in [6.07, 6.45) is 5.15. The molecule has 1 N–H and O–H groups in total. The van der Waals surface area contributed by atoms with Crippen LogP contribution in [0.25, 0.3) is 11.7 Å². The minimum absolute atomic E-state index is 0.00563. The molecule has 0 aliphatic carbocycles. The van der Waals surface area contributed by atoms with E-state index in [1.165, 1.54) is 16.2 Å². The number of hydrogen-bond donors (Lipinski definition) is 1. The van der Waals surface area contributed by atoms with Crippen LogP contribution in [-0.2, 0) is 14.3 Å². The Morgan fingerprint density at radius 2 is 2.30 bits per heavy atom. The molecule has 0 radical (unpaired) electrons. The molecule has 0 spiro atoms. The normalized spacial score (nSPS) is 20.6. The number of aromatic nitrogens is 2. The fraction of sp³-hybridized carbons (Fsp3) is 0.400. The van der Waals surface area contributed by atoms with Gasteiger partial charge in [0.05, 0.1) is 29.7 Å². The van der Waals surface area contributed by atoms with E-state index in [0.29, 0.717) is 52.6 Å². The minimum atomic E-state index is -0.259. The molecular formula is C20H22N4O4S2. The molecular weight excluding hydrogens is 424 g/mol. The third kappa shape index (κ3) is 4.27. The van der Waals surface area contributed by atoms with Crippen LogP contribution in [-0.4, -0.2) is 64.0 Å². The van der Waals surface area contributed by atoms with Gasteiger partial charge < -0.3 is 14.8 Å². The predicted octanol–water partition coefficient (Wildman–Crippen LogP) is 2.13. The van der Waals surface area contributed by atoms with E-state index in [9.17, 15) is 9.59 Å². The summed E-state index contributed by atoms with van der Waals surface area (Å²) in [6, 6.07) is 5.34. The number of fused-ring (bicyclic) bond motifs is 1. The molecule has 158 valence electrons. The van der Waals surface area contributed by atoms with Gasteiger partial charge in [0.15, 0.2) is 0 Å². The van der Waals surface area contributed by atoms with Crippen LogP contribution in [0.4, 0.5) is 5.82 Å². The van der Waals surface area contributed by atoms with E-state index in [-0.39, 0.29) is 17.6 Å². The van der Waals surface area contributed by atoms with Crippen molar-refractivity contribution in [3.05, 3.63) is 45.2 Å². The fourth-order valence-corrected chi connectivity index (χ4v) is 4.68. The summed E-state index contributed by atoms with van der Waals surface area (Å²) in [4.78, 5) is 32.6. The molecule has 2 aromatic rings. The summed E-state index contributed by atoms with van der Waals surface area (Å²) in [5, 5.41) is 3.14. The number of anilines is 1. The number of nitrogens with one attached hydrogen (secondary N) is 1. The van der Waals surface area contributed by atoms with Crippen molar-refractivity contribution in [1.29, 1.82) is 0 Å². The SMILES string of the molecule is COCCNc1nc2ccccn2c(=O)c1/C=C1\SC(=S)N(C[C@@H]2CCCO2)C1=O.